The van der Waals surface area contributed by atoms with Gasteiger partial charge in [-0.2, -0.15) is 0 Å². The van der Waals surface area contributed by atoms with E-state index in [9.17, 15) is 9.18 Å². The molecule has 0 saturated carbocycles. The molecule has 0 aliphatic carbocycles. The van der Waals surface area contributed by atoms with Crippen molar-refractivity contribution < 1.29 is 9.18 Å². The Morgan fingerprint density at radius 3 is 2.61 bits per heavy atom. The number of benzene rings is 2. The molecule has 1 amide bonds. The predicted molar refractivity (Wildman–Crippen MR) is 93.3 cm³/mol. The number of anilines is 1. The van der Waals surface area contributed by atoms with Crippen molar-refractivity contribution in [3.63, 3.8) is 0 Å². The Hall–Kier alpha value is -2.18. The Bertz CT molecular complexity index is 788. The van der Waals surface area contributed by atoms with E-state index < -0.39 is 0 Å². The van der Waals surface area contributed by atoms with Gasteiger partial charge in [0.25, 0.3) is 0 Å². The molecule has 1 heterocycles. The van der Waals surface area contributed by atoms with Gasteiger partial charge in [-0.1, -0.05) is 30.3 Å². The minimum Gasteiger partial charge on any atom is -0.301 e. The van der Waals surface area contributed by atoms with E-state index in [1.165, 1.54) is 35.2 Å². The molecule has 3 nitrogen and oxygen atoms in total. The van der Waals surface area contributed by atoms with Crippen LogP contribution in [0.2, 0.25) is 0 Å². The number of rotatable bonds is 5. The molecule has 0 bridgehead atoms. The minimum atomic E-state index is -0.282. The van der Waals surface area contributed by atoms with Crippen molar-refractivity contribution in [1.82, 2.24) is 4.98 Å². The summed E-state index contributed by atoms with van der Waals surface area (Å²) in [5, 5.41) is 5.28. The summed E-state index contributed by atoms with van der Waals surface area (Å²) in [6, 6.07) is 15.9. The monoisotopic (exact) mass is 344 g/mol. The predicted octanol–water partition coefficient (Wildman–Crippen LogP) is 4.68. The number of amides is 1. The van der Waals surface area contributed by atoms with Gasteiger partial charge in [0, 0.05) is 15.8 Å². The molecule has 6 heteroatoms. The number of carbonyl (C=O) groups is 1. The van der Waals surface area contributed by atoms with Gasteiger partial charge >= 0.3 is 0 Å². The second kappa shape index (κ2) is 7.39. The zero-order chi connectivity index (χ0) is 16.1. The number of thiazole rings is 1. The van der Waals surface area contributed by atoms with Gasteiger partial charge in [-0.3, -0.25) is 4.79 Å². The highest BCUT2D eigenvalue weighted by molar-refractivity contribution is 8.00. The highest BCUT2D eigenvalue weighted by Crippen LogP contribution is 2.25. The third kappa shape index (κ3) is 4.40. The highest BCUT2D eigenvalue weighted by Gasteiger charge is 2.08. The summed E-state index contributed by atoms with van der Waals surface area (Å²) < 4.78 is 12.8. The first-order valence-corrected chi connectivity index (χ1v) is 8.76. The largest absolute Gasteiger partial charge is 0.301 e. The lowest BCUT2D eigenvalue weighted by atomic mass is 10.2. The number of aromatic nitrogens is 1. The first-order valence-electron chi connectivity index (χ1n) is 6.90. The Balaban J connectivity index is 1.56. The van der Waals surface area contributed by atoms with E-state index in [4.69, 9.17) is 0 Å². The van der Waals surface area contributed by atoms with Crippen LogP contribution in [0.5, 0.6) is 0 Å². The molecule has 1 N–H and O–H groups in total. The summed E-state index contributed by atoms with van der Waals surface area (Å²) in [5.41, 5.74) is 1.86. The van der Waals surface area contributed by atoms with Crippen molar-refractivity contribution >= 4 is 34.1 Å². The van der Waals surface area contributed by atoms with E-state index in [-0.39, 0.29) is 17.5 Å². The number of nitrogens with zero attached hydrogens (tertiary/aromatic N) is 1. The molecule has 0 radical (unpaired) electrons. The molecule has 0 saturated heterocycles. The van der Waals surface area contributed by atoms with E-state index in [1.54, 1.807) is 12.1 Å². The third-order valence-corrected chi connectivity index (χ3v) is 4.77. The van der Waals surface area contributed by atoms with Crippen LogP contribution in [-0.2, 0) is 4.79 Å². The number of halogens is 1. The van der Waals surface area contributed by atoms with Gasteiger partial charge in [-0.15, -0.1) is 23.1 Å². The standard InChI is InChI=1S/C17H13FN2OS2/c18-13-6-8-14(9-7-13)22-11-16(21)20-17-19-15(10-23-17)12-4-2-1-3-5-12/h1-10H,11H2,(H,19,20,21). The zero-order valence-corrected chi connectivity index (χ0v) is 13.7. The Morgan fingerprint density at radius 1 is 1.13 bits per heavy atom. The molecule has 0 aliphatic rings. The second-order valence-electron chi connectivity index (χ2n) is 4.69. The fourth-order valence-corrected chi connectivity index (χ4v) is 3.34. The smallest absolute Gasteiger partial charge is 0.236 e. The van der Waals surface area contributed by atoms with E-state index >= 15 is 0 Å². The van der Waals surface area contributed by atoms with Crippen molar-refractivity contribution in [2.24, 2.45) is 0 Å². The van der Waals surface area contributed by atoms with Crippen LogP contribution >= 0.6 is 23.1 Å². The maximum Gasteiger partial charge on any atom is 0.236 e. The van der Waals surface area contributed by atoms with E-state index in [2.05, 4.69) is 10.3 Å². The molecule has 2 aromatic carbocycles. The fraction of sp³-hybridized carbons (Fsp3) is 0.0588. The summed E-state index contributed by atoms with van der Waals surface area (Å²) in [7, 11) is 0. The van der Waals surface area contributed by atoms with E-state index in [0.717, 1.165) is 16.2 Å². The summed E-state index contributed by atoms with van der Waals surface area (Å²) in [6.45, 7) is 0. The summed E-state index contributed by atoms with van der Waals surface area (Å²) >= 11 is 2.75. The number of carbonyl (C=O) groups excluding carboxylic acids is 1. The van der Waals surface area contributed by atoms with Gasteiger partial charge < -0.3 is 5.32 Å². The molecule has 0 unspecified atom stereocenters. The van der Waals surface area contributed by atoms with Gasteiger partial charge in [0.1, 0.15) is 5.82 Å². The minimum absolute atomic E-state index is 0.131. The average Bonchev–Trinajstić information content (AvgIpc) is 3.04. The Morgan fingerprint density at radius 2 is 1.87 bits per heavy atom. The van der Waals surface area contributed by atoms with Crippen molar-refractivity contribution in [2.45, 2.75) is 4.90 Å². The van der Waals surface area contributed by atoms with E-state index in [0.29, 0.717) is 5.13 Å². The van der Waals surface area contributed by atoms with Crippen LogP contribution in [0.15, 0.2) is 64.9 Å². The molecule has 23 heavy (non-hydrogen) atoms. The molecule has 116 valence electrons. The number of hydrogen-bond acceptors (Lipinski definition) is 4. The summed E-state index contributed by atoms with van der Waals surface area (Å²) in [4.78, 5) is 17.2. The van der Waals surface area contributed by atoms with Gasteiger partial charge in [0.05, 0.1) is 11.4 Å². The number of thioether (sulfide) groups is 1. The van der Waals surface area contributed by atoms with Crippen molar-refractivity contribution in [2.75, 3.05) is 11.1 Å². The van der Waals surface area contributed by atoms with Crippen LogP contribution < -0.4 is 5.32 Å². The summed E-state index contributed by atoms with van der Waals surface area (Å²) in [6.07, 6.45) is 0. The average molecular weight is 344 g/mol. The highest BCUT2D eigenvalue weighted by atomic mass is 32.2. The second-order valence-corrected chi connectivity index (χ2v) is 6.60. The first kappa shape index (κ1) is 15.7. The lowest BCUT2D eigenvalue weighted by Gasteiger charge is -2.02. The van der Waals surface area contributed by atoms with Gasteiger partial charge in [-0.05, 0) is 24.3 Å². The first-order chi connectivity index (χ1) is 11.2. The molecule has 0 aliphatic heterocycles. The van der Waals surface area contributed by atoms with Crippen LogP contribution in [0.3, 0.4) is 0 Å². The maximum atomic E-state index is 12.8. The maximum absolute atomic E-state index is 12.8. The van der Waals surface area contributed by atoms with E-state index in [1.807, 2.05) is 35.7 Å². The number of nitrogens with one attached hydrogen (secondary N) is 1. The van der Waals surface area contributed by atoms with Crippen LogP contribution in [0.25, 0.3) is 11.3 Å². The molecule has 0 fully saturated rings. The fourth-order valence-electron chi connectivity index (χ4n) is 1.91. The van der Waals surface area contributed by atoms with Crippen LogP contribution in [0.1, 0.15) is 0 Å². The lowest BCUT2D eigenvalue weighted by Crippen LogP contribution is -2.13. The molecule has 0 atom stereocenters. The van der Waals surface area contributed by atoms with Gasteiger partial charge in [0.2, 0.25) is 5.91 Å². The van der Waals surface area contributed by atoms with Crippen molar-refractivity contribution in [1.29, 1.82) is 0 Å². The normalized spacial score (nSPS) is 10.5. The van der Waals surface area contributed by atoms with Crippen LogP contribution in [0.4, 0.5) is 9.52 Å². The Labute approximate surface area is 141 Å². The third-order valence-electron chi connectivity index (χ3n) is 3.00. The molecular weight excluding hydrogens is 331 g/mol. The molecule has 1 aromatic heterocycles. The molecule has 0 spiro atoms. The van der Waals surface area contributed by atoms with Crippen LogP contribution in [-0.4, -0.2) is 16.6 Å². The van der Waals surface area contributed by atoms with Gasteiger partial charge in [-0.25, -0.2) is 9.37 Å². The summed E-state index contributed by atoms with van der Waals surface area (Å²) in [5.74, 6) is -0.158. The van der Waals surface area contributed by atoms with Crippen molar-refractivity contribution in [3.8, 4) is 11.3 Å². The molecule has 3 rings (SSSR count). The Kier molecular flexibility index (Phi) is 5.05. The van der Waals surface area contributed by atoms with Gasteiger partial charge in [0.15, 0.2) is 5.13 Å². The molecular formula is C17H13FN2OS2. The lowest BCUT2D eigenvalue weighted by molar-refractivity contribution is -0.113. The topological polar surface area (TPSA) is 42.0 Å². The van der Waals surface area contributed by atoms with Crippen molar-refractivity contribution in [3.05, 3.63) is 65.8 Å². The molecule has 3 aromatic rings. The quantitative estimate of drug-likeness (QED) is 0.683. The number of hydrogen-bond donors (Lipinski definition) is 1. The SMILES string of the molecule is O=C(CSc1ccc(F)cc1)Nc1nc(-c2ccccc2)cs1. The van der Waals surface area contributed by atoms with Crippen LogP contribution in [0, 0.1) is 5.82 Å². The zero-order valence-electron chi connectivity index (χ0n) is 12.0.